The number of aromatic nitrogens is 4. The third-order valence-electron chi connectivity index (χ3n) is 5.07. The molecule has 1 saturated carbocycles. The topological polar surface area (TPSA) is 58.9 Å². The third kappa shape index (κ3) is 3.23. The van der Waals surface area contributed by atoms with Crippen LogP contribution in [0.3, 0.4) is 0 Å². The van der Waals surface area contributed by atoms with Crippen molar-refractivity contribution in [2.45, 2.75) is 45.1 Å². The summed E-state index contributed by atoms with van der Waals surface area (Å²) in [5.74, 6) is 4.30. The normalized spacial score (nSPS) is 21.1. The summed E-state index contributed by atoms with van der Waals surface area (Å²) in [6, 6.07) is 1.98. The number of piperidine rings is 1. The lowest BCUT2D eigenvalue weighted by Crippen LogP contribution is -2.36. The van der Waals surface area contributed by atoms with Gasteiger partial charge in [-0.2, -0.15) is 4.98 Å². The highest BCUT2D eigenvalue weighted by atomic mass is 15.3. The Balaban J connectivity index is 1.53. The summed E-state index contributed by atoms with van der Waals surface area (Å²) in [7, 11) is 1.90. The van der Waals surface area contributed by atoms with Crippen LogP contribution in [0.25, 0.3) is 0 Å². The molecule has 0 spiro atoms. The first-order valence-electron chi connectivity index (χ1n) is 9.02. The monoisotopic (exact) mass is 326 g/mol. The van der Waals surface area contributed by atoms with Gasteiger partial charge < -0.3 is 14.8 Å². The molecule has 1 atom stereocenters. The summed E-state index contributed by atoms with van der Waals surface area (Å²) in [5.41, 5.74) is 1.00. The lowest BCUT2D eigenvalue weighted by molar-refractivity contribution is 0.459. The van der Waals surface area contributed by atoms with E-state index >= 15 is 0 Å². The molecule has 0 bridgehead atoms. The molecule has 2 aromatic rings. The zero-order chi connectivity index (χ0) is 16.5. The Bertz CT molecular complexity index is 705. The average Bonchev–Trinajstić information content (AvgIpc) is 3.29. The molecule has 1 N–H and O–H groups in total. The van der Waals surface area contributed by atoms with Gasteiger partial charge in [0.2, 0.25) is 5.95 Å². The van der Waals surface area contributed by atoms with Gasteiger partial charge in [0.25, 0.3) is 0 Å². The van der Waals surface area contributed by atoms with E-state index in [2.05, 4.69) is 35.9 Å². The molecule has 2 aromatic heterocycles. The van der Waals surface area contributed by atoms with Crippen molar-refractivity contribution >= 4 is 11.8 Å². The Morgan fingerprint density at radius 3 is 2.92 bits per heavy atom. The number of hydrogen-bond donors (Lipinski definition) is 1. The molecule has 1 unspecified atom stereocenters. The second kappa shape index (κ2) is 6.42. The zero-order valence-electron chi connectivity index (χ0n) is 14.6. The van der Waals surface area contributed by atoms with E-state index in [1.807, 2.05) is 26.2 Å². The van der Waals surface area contributed by atoms with Crippen molar-refractivity contribution in [1.82, 2.24) is 19.5 Å². The SMILES string of the molecule is CNc1cc(C)nc(N2CCCC(c3nccn3CC3CC3)C2)n1. The second-order valence-corrected chi connectivity index (χ2v) is 7.11. The second-order valence-electron chi connectivity index (χ2n) is 7.11. The van der Waals surface area contributed by atoms with E-state index in [4.69, 9.17) is 0 Å². The van der Waals surface area contributed by atoms with Crippen LogP contribution in [0, 0.1) is 12.8 Å². The molecule has 6 nitrogen and oxygen atoms in total. The fraction of sp³-hybridized carbons (Fsp3) is 0.611. The van der Waals surface area contributed by atoms with Crippen LogP contribution in [0.1, 0.15) is 43.1 Å². The van der Waals surface area contributed by atoms with Gasteiger partial charge in [-0.25, -0.2) is 9.97 Å². The molecule has 128 valence electrons. The van der Waals surface area contributed by atoms with Gasteiger partial charge in [-0.3, -0.25) is 0 Å². The van der Waals surface area contributed by atoms with Crippen molar-refractivity contribution in [3.05, 3.63) is 30.0 Å². The number of nitrogens with one attached hydrogen (secondary N) is 1. The van der Waals surface area contributed by atoms with E-state index in [1.165, 1.54) is 25.1 Å². The number of aryl methyl sites for hydroxylation is 1. The van der Waals surface area contributed by atoms with Gasteiger partial charge in [-0.05, 0) is 38.5 Å². The van der Waals surface area contributed by atoms with Gasteiger partial charge in [0.05, 0.1) is 0 Å². The zero-order valence-corrected chi connectivity index (χ0v) is 14.6. The van der Waals surface area contributed by atoms with E-state index < -0.39 is 0 Å². The lowest BCUT2D eigenvalue weighted by atomic mass is 9.97. The van der Waals surface area contributed by atoms with Crippen molar-refractivity contribution in [3.63, 3.8) is 0 Å². The smallest absolute Gasteiger partial charge is 0.227 e. The maximum atomic E-state index is 4.68. The van der Waals surface area contributed by atoms with Crippen LogP contribution in [-0.4, -0.2) is 39.7 Å². The van der Waals surface area contributed by atoms with Crippen LogP contribution < -0.4 is 10.2 Å². The van der Waals surface area contributed by atoms with Crippen LogP contribution in [0.2, 0.25) is 0 Å². The largest absolute Gasteiger partial charge is 0.373 e. The number of hydrogen-bond acceptors (Lipinski definition) is 5. The summed E-state index contributed by atoms with van der Waals surface area (Å²) in [6.45, 7) is 5.13. The Morgan fingerprint density at radius 2 is 2.12 bits per heavy atom. The minimum Gasteiger partial charge on any atom is -0.373 e. The molecular weight excluding hydrogens is 300 g/mol. The summed E-state index contributed by atoms with van der Waals surface area (Å²) in [6.07, 6.45) is 9.21. The Hall–Kier alpha value is -2.11. The van der Waals surface area contributed by atoms with Gasteiger partial charge in [0, 0.05) is 56.8 Å². The first-order chi connectivity index (χ1) is 11.7. The number of anilines is 2. The highest BCUT2D eigenvalue weighted by Crippen LogP contribution is 2.33. The van der Waals surface area contributed by atoms with Crippen LogP contribution in [0.5, 0.6) is 0 Å². The van der Waals surface area contributed by atoms with Crippen LogP contribution >= 0.6 is 0 Å². The van der Waals surface area contributed by atoms with E-state index in [9.17, 15) is 0 Å². The highest BCUT2D eigenvalue weighted by molar-refractivity contribution is 5.43. The molecule has 4 rings (SSSR count). The minimum absolute atomic E-state index is 0.467. The molecular formula is C18H26N6. The number of rotatable bonds is 5. The van der Waals surface area contributed by atoms with Crippen molar-refractivity contribution in [3.8, 4) is 0 Å². The molecule has 2 aliphatic rings. The predicted molar refractivity (Wildman–Crippen MR) is 95.5 cm³/mol. The molecule has 2 fully saturated rings. The number of nitrogens with zero attached hydrogens (tertiary/aromatic N) is 5. The summed E-state index contributed by atoms with van der Waals surface area (Å²) in [4.78, 5) is 16.3. The maximum absolute atomic E-state index is 4.68. The molecule has 0 radical (unpaired) electrons. The third-order valence-corrected chi connectivity index (χ3v) is 5.07. The van der Waals surface area contributed by atoms with Gasteiger partial charge in [0.15, 0.2) is 0 Å². The van der Waals surface area contributed by atoms with Crippen molar-refractivity contribution in [1.29, 1.82) is 0 Å². The predicted octanol–water partition coefficient (Wildman–Crippen LogP) is 2.82. The molecule has 1 aliphatic heterocycles. The molecule has 1 saturated heterocycles. The Morgan fingerprint density at radius 1 is 1.25 bits per heavy atom. The van der Waals surface area contributed by atoms with Gasteiger partial charge in [-0.15, -0.1) is 0 Å². The number of imidazole rings is 1. The quantitative estimate of drug-likeness (QED) is 0.915. The van der Waals surface area contributed by atoms with Crippen molar-refractivity contribution < 1.29 is 0 Å². The van der Waals surface area contributed by atoms with Crippen molar-refractivity contribution in [2.24, 2.45) is 5.92 Å². The fourth-order valence-electron chi connectivity index (χ4n) is 3.61. The van der Waals surface area contributed by atoms with Crippen molar-refractivity contribution in [2.75, 3.05) is 30.4 Å². The van der Waals surface area contributed by atoms with E-state index in [0.29, 0.717) is 5.92 Å². The van der Waals surface area contributed by atoms with Gasteiger partial charge in [-0.1, -0.05) is 0 Å². The molecule has 0 amide bonds. The summed E-state index contributed by atoms with van der Waals surface area (Å²) in [5, 5.41) is 3.13. The van der Waals surface area contributed by atoms with Crippen LogP contribution in [-0.2, 0) is 6.54 Å². The average molecular weight is 326 g/mol. The molecule has 24 heavy (non-hydrogen) atoms. The Labute approximate surface area is 143 Å². The van der Waals surface area contributed by atoms with Gasteiger partial charge >= 0.3 is 0 Å². The first-order valence-corrected chi connectivity index (χ1v) is 9.02. The minimum atomic E-state index is 0.467. The summed E-state index contributed by atoms with van der Waals surface area (Å²) < 4.78 is 2.38. The molecule has 0 aromatic carbocycles. The summed E-state index contributed by atoms with van der Waals surface area (Å²) >= 11 is 0. The van der Waals surface area contributed by atoms with E-state index in [0.717, 1.165) is 49.4 Å². The first kappa shape index (κ1) is 15.4. The fourth-order valence-corrected chi connectivity index (χ4v) is 3.61. The molecule has 1 aliphatic carbocycles. The van der Waals surface area contributed by atoms with Crippen LogP contribution in [0.4, 0.5) is 11.8 Å². The van der Waals surface area contributed by atoms with E-state index in [1.54, 1.807) is 0 Å². The lowest BCUT2D eigenvalue weighted by Gasteiger charge is -2.33. The van der Waals surface area contributed by atoms with E-state index in [-0.39, 0.29) is 0 Å². The highest BCUT2D eigenvalue weighted by Gasteiger charge is 2.28. The Kier molecular flexibility index (Phi) is 4.12. The molecule has 6 heteroatoms. The van der Waals surface area contributed by atoms with Gasteiger partial charge in [0.1, 0.15) is 11.6 Å². The standard InChI is InChI=1S/C18H26N6/c1-13-10-16(19-2)22-18(21-13)24-8-3-4-15(12-24)17-20-7-9-23(17)11-14-5-6-14/h7,9-10,14-15H,3-6,8,11-12H2,1-2H3,(H,19,21,22). The maximum Gasteiger partial charge on any atom is 0.227 e. The van der Waals surface area contributed by atoms with Crippen LogP contribution in [0.15, 0.2) is 18.5 Å². The molecule has 3 heterocycles.